The van der Waals surface area contributed by atoms with E-state index in [0.29, 0.717) is 41.7 Å². The molecule has 2 bridgehead atoms. The molecule has 3 aliphatic carbocycles. The third kappa shape index (κ3) is 3.05. The lowest BCUT2D eigenvalue weighted by atomic mass is 9.43. The van der Waals surface area contributed by atoms with Crippen molar-refractivity contribution in [2.45, 2.75) is 52.0 Å². The minimum absolute atomic E-state index is 0.00840. The molecule has 2 heterocycles. The van der Waals surface area contributed by atoms with Crippen molar-refractivity contribution in [3.8, 4) is 0 Å². The van der Waals surface area contributed by atoms with E-state index in [2.05, 4.69) is 31.1 Å². The van der Waals surface area contributed by atoms with Gasteiger partial charge in [-0.15, -0.1) is 0 Å². The molecule has 28 heavy (non-hydrogen) atoms. The van der Waals surface area contributed by atoms with Crippen molar-refractivity contribution >= 4 is 23.2 Å². The summed E-state index contributed by atoms with van der Waals surface area (Å²) in [6.45, 7) is 7.78. The van der Waals surface area contributed by atoms with Gasteiger partial charge in [0.05, 0.1) is 0 Å². The molecule has 5 unspecified atom stereocenters. The minimum atomic E-state index is -0.854. The lowest BCUT2D eigenvalue weighted by Gasteiger charge is -2.62. The number of nitrogens with zero attached hydrogens (tertiary/aromatic N) is 2. The molecule has 4 aliphatic rings. The number of amides is 1. The number of thiocarbonyl (C=S) groups is 1. The molecule has 3 saturated carbocycles. The van der Waals surface area contributed by atoms with Crippen molar-refractivity contribution in [1.82, 2.24) is 15.2 Å². The van der Waals surface area contributed by atoms with Crippen LogP contribution in [0.2, 0.25) is 0 Å². The number of hydrogen-bond donors (Lipinski definition) is 2. The Labute approximate surface area is 172 Å². The van der Waals surface area contributed by atoms with Gasteiger partial charge in [0.1, 0.15) is 5.54 Å². The zero-order valence-electron chi connectivity index (χ0n) is 17.0. The Morgan fingerprint density at radius 3 is 2.64 bits per heavy atom. The van der Waals surface area contributed by atoms with Crippen molar-refractivity contribution in [3.63, 3.8) is 0 Å². The van der Waals surface area contributed by atoms with Gasteiger partial charge in [-0.2, -0.15) is 0 Å². The maximum atomic E-state index is 13.5. The first kappa shape index (κ1) is 19.8. The normalized spacial score (nSPS) is 36.2. The molecule has 0 spiro atoms. The van der Waals surface area contributed by atoms with Crippen LogP contribution in [-0.2, 0) is 11.2 Å². The molecular weight excluding hydrogens is 370 g/mol. The number of pyridine rings is 1. The molecule has 5 nitrogen and oxygen atoms in total. The number of carbonyl (C=O) groups excluding carboxylic acids is 1. The van der Waals surface area contributed by atoms with Gasteiger partial charge in [-0.25, -0.2) is 0 Å². The monoisotopic (exact) mass is 401 g/mol. The van der Waals surface area contributed by atoms with E-state index in [4.69, 9.17) is 12.2 Å². The van der Waals surface area contributed by atoms with Gasteiger partial charge < -0.3 is 10.4 Å². The molecule has 1 aromatic heterocycles. The van der Waals surface area contributed by atoms with E-state index in [0.717, 1.165) is 17.4 Å². The lowest BCUT2D eigenvalue weighted by Crippen LogP contribution is -2.57. The number of aromatic nitrogens is 1. The fraction of sp³-hybridized carbons (Fsp3) is 0.682. The molecule has 1 aliphatic heterocycles. The van der Waals surface area contributed by atoms with Crippen LogP contribution in [0.3, 0.4) is 0 Å². The summed E-state index contributed by atoms with van der Waals surface area (Å²) >= 11 is 5.59. The number of hydrogen-bond acceptors (Lipinski definition) is 4. The molecule has 6 heteroatoms. The number of nitrogens with one attached hydrogen (secondary N) is 1. The second kappa shape index (κ2) is 7.06. The first-order valence-corrected chi connectivity index (χ1v) is 10.8. The second-order valence-electron chi connectivity index (χ2n) is 9.65. The van der Waals surface area contributed by atoms with Gasteiger partial charge in [0.15, 0.2) is 5.11 Å². The minimum Gasteiger partial charge on any atom is -0.396 e. The summed E-state index contributed by atoms with van der Waals surface area (Å²) < 4.78 is 0. The van der Waals surface area contributed by atoms with E-state index < -0.39 is 5.54 Å². The quantitative estimate of drug-likeness (QED) is 0.718. The van der Waals surface area contributed by atoms with E-state index in [1.54, 1.807) is 17.3 Å². The van der Waals surface area contributed by atoms with Crippen molar-refractivity contribution in [1.29, 1.82) is 0 Å². The van der Waals surface area contributed by atoms with Gasteiger partial charge in [0, 0.05) is 38.4 Å². The first-order chi connectivity index (χ1) is 13.3. The maximum Gasteiger partial charge on any atom is 0.254 e. The highest BCUT2D eigenvalue weighted by atomic mass is 32.1. The van der Waals surface area contributed by atoms with Crippen LogP contribution in [-0.4, -0.2) is 44.7 Å². The molecule has 4 fully saturated rings. The molecule has 0 aromatic carbocycles. The highest BCUT2D eigenvalue weighted by Gasteiger charge is 2.57. The van der Waals surface area contributed by atoms with E-state index >= 15 is 0 Å². The van der Waals surface area contributed by atoms with Crippen molar-refractivity contribution in [3.05, 3.63) is 30.1 Å². The van der Waals surface area contributed by atoms with Crippen LogP contribution in [0.4, 0.5) is 0 Å². The molecule has 2 N–H and O–H groups in total. The number of fused-ring (bicyclic) bond motifs is 2. The number of carbonyl (C=O) groups is 1. The Hall–Kier alpha value is -1.53. The van der Waals surface area contributed by atoms with Gasteiger partial charge in [0.2, 0.25) is 0 Å². The van der Waals surface area contributed by atoms with Crippen molar-refractivity contribution in [2.24, 2.45) is 29.1 Å². The number of rotatable bonds is 6. The van der Waals surface area contributed by atoms with Crippen LogP contribution < -0.4 is 5.32 Å². The Morgan fingerprint density at radius 1 is 1.32 bits per heavy atom. The summed E-state index contributed by atoms with van der Waals surface area (Å²) in [5.74, 6) is 2.61. The fourth-order valence-electron chi connectivity index (χ4n) is 5.99. The van der Waals surface area contributed by atoms with Crippen molar-refractivity contribution in [2.75, 3.05) is 13.2 Å². The molecule has 1 saturated heterocycles. The smallest absolute Gasteiger partial charge is 0.254 e. The average Bonchev–Trinajstić information content (AvgIpc) is 2.88. The first-order valence-electron chi connectivity index (χ1n) is 10.4. The highest BCUT2D eigenvalue weighted by Crippen LogP contribution is 2.63. The lowest BCUT2D eigenvalue weighted by molar-refractivity contribution is -0.141. The van der Waals surface area contributed by atoms with Crippen LogP contribution in [0.25, 0.3) is 0 Å². The van der Waals surface area contributed by atoms with Crippen LogP contribution in [0.15, 0.2) is 24.5 Å². The molecule has 0 radical (unpaired) electrons. The Morgan fingerprint density at radius 2 is 2.04 bits per heavy atom. The average molecular weight is 402 g/mol. The van der Waals surface area contributed by atoms with Gasteiger partial charge in [0.25, 0.3) is 5.91 Å². The van der Waals surface area contributed by atoms with Gasteiger partial charge in [-0.05, 0) is 71.8 Å². The number of aliphatic hydroxyl groups excluding tert-OH is 1. The second-order valence-corrected chi connectivity index (χ2v) is 10.0. The van der Waals surface area contributed by atoms with E-state index in [1.807, 2.05) is 12.1 Å². The molecule has 5 rings (SSSR count). The zero-order valence-corrected chi connectivity index (χ0v) is 17.8. The van der Waals surface area contributed by atoms with Crippen LogP contribution in [0.1, 0.15) is 45.6 Å². The Kier molecular flexibility index (Phi) is 4.99. The summed E-state index contributed by atoms with van der Waals surface area (Å²) in [7, 11) is 0. The Balaban J connectivity index is 1.51. The SMILES string of the molecule is CC1C(CN2C(=O)C(CCO)(Cc3ccncc3)NC2=S)CC2CC1C2(C)C. The third-order valence-corrected chi connectivity index (χ3v) is 8.29. The van der Waals surface area contributed by atoms with Crippen molar-refractivity contribution < 1.29 is 9.90 Å². The topological polar surface area (TPSA) is 65.5 Å². The summed E-state index contributed by atoms with van der Waals surface area (Å²) in [6, 6.07) is 3.83. The number of aliphatic hydroxyl groups is 1. The maximum absolute atomic E-state index is 13.5. The van der Waals surface area contributed by atoms with Gasteiger partial charge in [-0.1, -0.05) is 20.8 Å². The summed E-state index contributed by atoms with van der Waals surface area (Å²) in [6.07, 6.45) is 6.82. The zero-order chi connectivity index (χ0) is 20.1. The predicted octanol–water partition coefficient (Wildman–Crippen LogP) is 2.78. The summed E-state index contributed by atoms with van der Waals surface area (Å²) in [4.78, 5) is 19.3. The van der Waals surface area contributed by atoms with Crippen LogP contribution >= 0.6 is 12.2 Å². The molecule has 1 amide bonds. The predicted molar refractivity (Wildman–Crippen MR) is 112 cm³/mol. The molecule has 5 atom stereocenters. The largest absolute Gasteiger partial charge is 0.396 e. The standard InChI is InChI=1S/C22H31N3O2S/c1-14-16(10-17-11-18(14)21(17,2)3)13-25-19(27)22(6-9-26,24-20(25)28)12-15-4-7-23-8-5-15/h4-5,7-8,14,16-18,26H,6,9-13H2,1-3H3,(H,24,28). The summed E-state index contributed by atoms with van der Waals surface area (Å²) in [5.41, 5.74) is 0.599. The molecule has 1 aromatic rings. The van der Waals surface area contributed by atoms with Crippen LogP contribution in [0, 0.1) is 29.1 Å². The molecule has 152 valence electrons. The summed E-state index contributed by atoms with van der Waals surface area (Å²) in [5, 5.41) is 13.5. The van der Waals surface area contributed by atoms with Gasteiger partial charge >= 0.3 is 0 Å². The van der Waals surface area contributed by atoms with Gasteiger partial charge in [-0.3, -0.25) is 14.7 Å². The fourth-order valence-corrected chi connectivity index (χ4v) is 6.34. The highest BCUT2D eigenvalue weighted by molar-refractivity contribution is 7.80. The van der Waals surface area contributed by atoms with E-state index in [-0.39, 0.29) is 12.5 Å². The molecular formula is C22H31N3O2S. The van der Waals surface area contributed by atoms with E-state index in [1.165, 1.54) is 12.8 Å². The third-order valence-electron chi connectivity index (χ3n) is 7.97. The van der Waals surface area contributed by atoms with E-state index in [9.17, 15) is 9.90 Å². The Bertz CT molecular complexity index is 768. The van der Waals surface area contributed by atoms with Crippen LogP contribution in [0.5, 0.6) is 0 Å².